The number of halogens is 2. The Balaban J connectivity index is 2.02. The SMILES string of the molecule is CCNC(=O)[C@H](C)N(Cc1ccccc1Cl)C(=O)CN(c1ccc(F)cc1)S(=O)(=O)c1ccccc1. The number of hydrogen-bond acceptors (Lipinski definition) is 4. The number of carbonyl (C=O) groups is 2. The van der Waals surface area contributed by atoms with E-state index < -0.39 is 40.2 Å². The molecule has 10 heteroatoms. The fraction of sp³-hybridized carbons (Fsp3) is 0.231. The van der Waals surface area contributed by atoms with Crippen LogP contribution in [0.1, 0.15) is 19.4 Å². The first-order valence-corrected chi connectivity index (χ1v) is 13.1. The number of amides is 2. The van der Waals surface area contributed by atoms with E-state index in [-0.39, 0.29) is 17.1 Å². The predicted molar refractivity (Wildman–Crippen MR) is 138 cm³/mol. The number of nitrogens with zero attached hydrogens (tertiary/aromatic N) is 2. The largest absolute Gasteiger partial charge is 0.355 e. The molecule has 36 heavy (non-hydrogen) atoms. The zero-order valence-corrected chi connectivity index (χ0v) is 21.5. The highest BCUT2D eigenvalue weighted by Gasteiger charge is 2.32. The number of hydrogen-bond donors (Lipinski definition) is 1. The topological polar surface area (TPSA) is 86.8 Å². The van der Waals surface area contributed by atoms with E-state index >= 15 is 0 Å². The Kier molecular flexibility index (Phi) is 9.06. The summed E-state index contributed by atoms with van der Waals surface area (Å²) in [6.07, 6.45) is 0. The van der Waals surface area contributed by atoms with Gasteiger partial charge in [-0.3, -0.25) is 13.9 Å². The number of benzene rings is 3. The van der Waals surface area contributed by atoms with Gasteiger partial charge in [0, 0.05) is 18.1 Å². The van der Waals surface area contributed by atoms with E-state index in [1.54, 1.807) is 56.3 Å². The molecule has 1 atom stereocenters. The number of sulfonamides is 1. The summed E-state index contributed by atoms with van der Waals surface area (Å²) in [6.45, 7) is 3.05. The molecule has 2 amide bonds. The van der Waals surface area contributed by atoms with Crippen LogP contribution in [0.15, 0.2) is 83.8 Å². The summed E-state index contributed by atoms with van der Waals surface area (Å²) in [4.78, 5) is 27.6. The molecule has 190 valence electrons. The Labute approximate surface area is 215 Å². The monoisotopic (exact) mass is 531 g/mol. The molecule has 0 fully saturated rings. The second-order valence-electron chi connectivity index (χ2n) is 7.98. The van der Waals surface area contributed by atoms with E-state index in [1.807, 2.05) is 0 Å². The van der Waals surface area contributed by atoms with Crippen LogP contribution in [-0.4, -0.2) is 44.3 Å². The standard InChI is InChI=1S/C26H27ClFN3O4S/c1-3-29-26(33)19(2)30(17-20-9-7-8-12-24(20)27)25(32)18-31(22-15-13-21(28)14-16-22)36(34,35)23-10-5-4-6-11-23/h4-16,19H,3,17-18H2,1-2H3,(H,29,33)/t19-/m0/s1. The molecule has 3 aromatic rings. The van der Waals surface area contributed by atoms with Crippen molar-refractivity contribution in [3.05, 3.63) is 95.3 Å². The maximum atomic E-state index is 13.7. The summed E-state index contributed by atoms with van der Waals surface area (Å²) in [7, 11) is -4.20. The van der Waals surface area contributed by atoms with Crippen LogP contribution in [-0.2, 0) is 26.2 Å². The van der Waals surface area contributed by atoms with Gasteiger partial charge in [0.15, 0.2) is 0 Å². The fourth-order valence-corrected chi connectivity index (χ4v) is 5.20. The van der Waals surface area contributed by atoms with Crippen LogP contribution in [0, 0.1) is 5.82 Å². The zero-order valence-electron chi connectivity index (χ0n) is 19.9. The van der Waals surface area contributed by atoms with E-state index in [1.165, 1.54) is 29.2 Å². The smallest absolute Gasteiger partial charge is 0.264 e. The van der Waals surface area contributed by atoms with E-state index in [2.05, 4.69) is 5.32 Å². The zero-order chi connectivity index (χ0) is 26.3. The second-order valence-corrected chi connectivity index (χ2v) is 10.3. The van der Waals surface area contributed by atoms with Gasteiger partial charge in [0.1, 0.15) is 18.4 Å². The summed E-state index contributed by atoms with van der Waals surface area (Å²) in [6, 6.07) is 18.4. The maximum absolute atomic E-state index is 13.7. The van der Waals surface area contributed by atoms with E-state index in [0.717, 1.165) is 16.4 Å². The van der Waals surface area contributed by atoms with Gasteiger partial charge >= 0.3 is 0 Å². The van der Waals surface area contributed by atoms with Gasteiger partial charge in [0.2, 0.25) is 11.8 Å². The molecule has 7 nitrogen and oxygen atoms in total. The predicted octanol–water partition coefficient (Wildman–Crippen LogP) is 4.23. The third-order valence-electron chi connectivity index (χ3n) is 5.54. The Morgan fingerprint density at radius 1 is 0.972 bits per heavy atom. The van der Waals surface area contributed by atoms with Crippen LogP contribution in [0.4, 0.5) is 10.1 Å². The third kappa shape index (κ3) is 6.41. The van der Waals surface area contributed by atoms with Crippen molar-refractivity contribution < 1.29 is 22.4 Å². The van der Waals surface area contributed by atoms with Crippen molar-refractivity contribution in [2.45, 2.75) is 31.3 Å². The normalized spacial score (nSPS) is 12.0. The molecule has 0 heterocycles. The fourth-order valence-electron chi connectivity index (χ4n) is 3.57. The van der Waals surface area contributed by atoms with Crippen LogP contribution in [0.5, 0.6) is 0 Å². The van der Waals surface area contributed by atoms with Gasteiger partial charge in [-0.25, -0.2) is 12.8 Å². The van der Waals surface area contributed by atoms with E-state index in [9.17, 15) is 22.4 Å². The van der Waals surface area contributed by atoms with Gasteiger partial charge < -0.3 is 10.2 Å². The van der Waals surface area contributed by atoms with Gasteiger partial charge in [0.25, 0.3) is 10.0 Å². The Bertz CT molecular complexity index is 1300. The summed E-state index contributed by atoms with van der Waals surface area (Å²) >= 11 is 6.31. The average Bonchev–Trinajstić information content (AvgIpc) is 2.87. The highest BCUT2D eigenvalue weighted by molar-refractivity contribution is 7.92. The minimum atomic E-state index is -4.20. The molecule has 0 aliphatic carbocycles. The highest BCUT2D eigenvalue weighted by Crippen LogP contribution is 2.25. The van der Waals surface area contributed by atoms with Crippen LogP contribution in [0.3, 0.4) is 0 Å². The van der Waals surface area contributed by atoms with Crippen LogP contribution >= 0.6 is 11.6 Å². The number of likely N-dealkylation sites (N-methyl/N-ethyl adjacent to an activating group) is 1. The minimum Gasteiger partial charge on any atom is -0.355 e. The molecule has 1 N–H and O–H groups in total. The maximum Gasteiger partial charge on any atom is 0.264 e. The van der Waals surface area contributed by atoms with Crippen molar-refractivity contribution in [1.82, 2.24) is 10.2 Å². The molecule has 0 bridgehead atoms. The quantitative estimate of drug-likeness (QED) is 0.424. The molecule has 0 aliphatic heterocycles. The number of nitrogens with one attached hydrogen (secondary N) is 1. The summed E-state index contributed by atoms with van der Waals surface area (Å²) in [5.74, 6) is -1.57. The first kappa shape index (κ1) is 27.2. The van der Waals surface area contributed by atoms with Crippen LogP contribution in [0.2, 0.25) is 5.02 Å². The van der Waals surface area contributed by atoms with Crippen molar-refractivity contribution in [2.75, 3.05) is 17.4 Å². The molecule has 0 saturated heterocycles. The number of rotatable bonds is 10. The summed E-state index contributed by atoms with van der Waals surface area (Å²) < 4.78 is 41.6. The molecule has 0 radical (unpaired) electrons. The van der Waals surface area contributed by atoms with Gasteiger partial charge in [-0.15, -0.1) is 0 Å². The van der Waals surface area contributed by atoms with Crippen molar-refractivity contribution in [3.8, 4) is 0 Å². The van der Waals surface area contributed by atoms with Gasteiger partial charge in [-0.05, 0) is 61.9 Å². The molecule has 3 rings (SSSR count). The highest BCUT2D eigenvalue weighted by atomic mass is 35.5. The second kappa shape index (κ2) is 12.0. The van der Waals surface area contributed by atoms with Crippen molar-refractivity contribution in [1.29, 1.82) is 0 Å². The van der Waals surface area contributed by atoms with E-state index in [0.29, 0.717) is 17.1 Å². The Morgan fingerprint density at radius 3 is 2.19 bits per heavy atom. The Morgan fingerprint density at radius 2 is 1.58 bits per heavy atom. The molecular formula is C26H27ClFN3O4S. The van der Waals surface area contributed by atoms with E-state index in [4.69, 9.17) is 11.6 Å². The molecule has 0 unspecified atom stereocenters. The first-order valence-electron chi connectivity index (χ1n) is 11.3. The molecule has 0 aromatic heterocycles. The average molecular weight is 532 g/mol. The van der Waals surface area contributed by atoms with Gasteiger partial charge in [-0.2, -0.15) is 0 Å². The third-order valence-corrected chi connectivity index (χ3v) is 7.70. The van der Waals surface area contributed by atoms with Crippen molar-refractivity contribution in [2.24, 2.45) is 0 Å². The lowest BCUT2D eigenvalue weighted by Gasteiger charge is -2.32. The summed E-state index contributed by atoms with van der Waals surface area (Å²) in [5, 5.41) is 3.10. The lowest BCUT2D eigenvalue weighted by Crippen LogP contribution is -2.51. The van der Waals surface area contributed by atoms with Gasteiger partial charge in [0.05, 0.1) is 10.6 Å². The lowest BCUT2D eigenvalue weighted by molar-refractivity contribution is -0.139. The minimum absolute atomic E-state index is 0.0144. The molecule has 0 saturated carbocycles. The summed E-state index contributed by atoms with van der Waals surface area (Å²) in [5.41, 5.74) is 0.708. The lowest BCUT2D eigenvalue weighted by atomic mass is 10.1. The van der Waals surface area contributed by atoms with Gasteiger partial charge in [-0.1, -0.05) is 48.0 Å². The molecular weight excluding hydrogens is 505 g/mol. The first-order chi connectivity index (χ1) is 17.1. The molecule has 0 aliphatic rings. The molecule has 0 spiro atoms. The van der Waals surface area contributed by atoms with Crippen LogP contribution in [0.25, 0.3) is 0 Å². The van der Waals surface area contributed by atoms with Crippen molar-refractivity contribution >= 4 is 39.1 Å². The number of anilines is 1. The van der Waals surface area contributed by atoms with Crippen molar-refractivity contribution in [3.63, 3.8) is 0 Å². The Hall–Kier alpha value is -3.43. The van der Waals surface area contributed by atoms with Crippen LogP contribution < -0.4 is 9.62 Å². The number of carbonyl (C=O) groups excluding carboxylic acids is 2. The molecule has 3 aromatic carbocycles.